The second kappa shape index (κ2) is 7.32. The van der Waals surface area contributed by atoms with Gasteiger partial charge in [-0.1, -0.05) is 32.6 Å². The second-order valence-electron chi connectivity index (χ2n) is 7.16. The van der Waals surface area contributed by atoms with Crippen LogP contribution in [0.4, 0.5) is 10.1 Å². The summed E-state index contributed by atoms with van der Waals surface area (Å²) in [6.45, 7) is 2.02. The Labute approximate surface area is 142 Å². The van der Waals surface area contributed by atoms with Crippen LogP contribution in [-0.2, 0) is 4.79 Å². The van der Waals surface area contributed by atoms with Crippen LogP contribution in [0.3, 0.4) is 0 Å². The molecule has 0 aliphatic heterocycles. The number of amides is 2. The molecule has 0 aromatic heterocycles. The Morgan fingerprint density at radius 1 is 1.12 bits per heavy atom. The molecule has 3 rings (SSSR count). The molecule has 0 unspecified atom stereocenters. The quantitative estimate of drug-likeness (QED) is 0.822. The third-order valence-corrected chi connectivity index (χ3v) is 5.12. The van der Waals surface area contributed by atoms with Crippen molar-refractivity contribution in [1.82, 2.24) is 5.32 Å². The standard InChI is InChI=1S/C19H25FN2O2/c1-12-10-15(12)18(23)22-17-9-8-13(20)11-16(17)19(24)21-14-6-4-2-3-5-7-14/h8-9,11-12,14-15H,2-7,10H2,1H3,(H,21,24)(H,22,23)/t12-,15-/m0/s1. The lowest BCUT2D eigenvalue weighted by molar-refractivity contribution is -0.117. The minimum atomic E-state index is -0.473. The molecule has 2 saturated carbocycles. The summed E-state index contributed by atoms with van der Waals surface area (Å²) in [4.78, 5) is 24.7. The zero-order valence-electron chi connectivity index (χ0n) is 14.1. The maximum Gasteiger partial charge on any atom is 0.253 e. The maximum absolute atomic E-state index is 13.6. The Balaban J connectivity index is 1.71. The van der Waals surface area contributed by atoms with Gasteiger partial charge in [-0.15, -0.1) is 0 Å². The van der Waals surface area contributed by atoms with Gasteiger partial charge in [-0.25, -0.2) is 4.39 Å². The highest BCUT2D eigenvalue weighted by Crippen LogP contribution is 2.38. The summed E-state index contributed by atoms with van der Waals surface area (Å²) in [6.07, 6.45) is 7.41. The van der Waals surface area contributed by atoms with Gasteiger partial charge in [0.05, 0.1) is 11.3 Å². The topological polar surface area (TPSA) is 58.2 Å². The lowest BCUT2D eigenvalue weighted by Gasteiger charge is -2.18. The van der Waals surface area contributed by atoms with Crippen molar-refractivity contribution in [3.63, 3.8) is 0 Å². The molecule has 0 heterocycles. The molecule has 0 radical (unpaired) electrons. The molecule has 0 bridgehead atoms. The normalized spacial score (nSPS) is 24.1. The monoisotopic (exact) mass is 332 g/mol. The zero-order valence-corrected chi connectivity index (χ0v) is 14.1. The first-order chi connectivity index (χ1) is 11.5. The van der Waals surface area contributed by atoms with E-state index in [0.717, 1.165) is 32.1 Å². The average Bonchev–Trinajstić information content (AvgIpc) is 3.32. The molecule has 130 valence electrons. The van der Waals surface area contributed by atoms with E-state index in [4.69, 9.17) is 0 Å². The second-order valence-corrected chi connectivity index (χ2v) is 7.16. The van der Waals surface area contributed by atoms with Gasteiger partial charge in [-0.3, -0.25) is 9.59 Å². The van der Waals surface area contributed by atoms with Crippen LogP contribution < -0.4 is 10.6 Å². The Kier molecular flexibility index (Phi) is 5.17. The van der Waals surface area contributed by atoms with E-state index in [1.165, 1.54) is 31.0 Å². The first-order valence-electron chi connectivity index (χ1n) is 8.96. The van der Waals surface area contributed by atoms with E-state index in [2.05, 4.69) is 10.6 Å². The summed E-state index contributed by atoms with van der Waals surface area (Å²) >= 11 is 0. The summed E-state index contributed by atoms with van der Waals surface area (Å²) in [5.41, 5.74) is 0.604. The third kappa shape index (κ3) is 4.13. The first-order valence-corrected chi connectivity index (χ1v) is 8.96. The van der Waals surface area contributed by atoms with Gasteiger partial charge in [0.25, 0.3) is 5.91 Å². The number of carbonyl (C=O) groups excluding carboxylic acids is 2. The van der Waals surface area contributed by atoms with Crippen molar-refractivity contribution in [3.05, 3.63) is 29.6 Å². The molecular weight excluding hydrogens is 307 g/mol. The van der Waals surface area contributed by atoms with Crippen LogP contribution in [0, 0.1) is 17.7 Å². The van der Waals surface area contributed by atoms with Crippen LogP contribution in [0.5, 0.6) is 0 Å². The summed E-state index contributed by atoms with van der Waals surface area (Å²) in [5.74, 6) is -0.474. The van der Waals surface area contributed by atoms with E-state index in [0.29, 0.717) is 11.6 Å². The summed E-state index contributed by atoms with van der Waals surface area (Å²) in [5, 5.41) is 5.81. The summed E-state index contributed by atoms with van der Waals surface area (Å²) < 4.78 is 13.6. The highest BCUT2D eigenvalue weighted by atomic mass is 19.1. The number of halogens is 1. The molecule has 0 saturated heterocycles. The van der Waals surface area contributed by atoms with Crippen LogP contribution in [0.1, 0.15) is 62.2 Å². The molecule has 0 spiro atoms. The molecule has 2 atom stereocenters. The predicted octanol–water partition coefficient (Wildman–Crippen LogP) is 3.87. The van der Waals surface area contributed by atoms with Gasteiger partial charge in [0.1, 0.15) is 5.82 Å². The molecule has 2 N–H and O–H groups in total. The summed E-state index contributed by atoms with van der Waals surface area (Å²) in [7, 11) is 0. The van der Waals surface area contributed by atoms with Crippen LogP contribution in [-0.4, -0.2) is 17.9 Å². The summed E-state index contributed by atoms with van der Waals surface area (Å²) in [6, 6.07) is 4.09. The van der Waals surface area contributed by atoms with Crippen LogP contribution in [0.15, 0.2) is 18.2 Å². The Hall–Kier alpha value is -1.91. The fourth-order valence-electron chi connectivity index (χ4n) is 3.41. The van der Waals surface area contributed by atoms with Gasteiger partial charge >= 0.3 is 0 Å². The number of benzene rings is 1. The van der Waals surface area contributed by atoms with Crippen LogP contribution >= 0.6 is 0 Å². The fraction of sp³-hybridized carbons (Fsp3) is 0.579. The molecule has 2 aliphatic carbocycles. The van der Waals surface area contributed by atoms with Gasteiger partial charge < -0.3 is 10.6 Å². The molecule has 2 amide bonds. The molecular formula is C19H25FN2O2. The SMILES string of the molecule is C[C@H]1C[C@@H]1C(=O)Nc1ccc(F)cc1C(=O)NC1CCCCCC1. The number of carbonyl (C=O) groups is 2. The molecule has 4 nitrogen and oxygen atoms in total. The van der Waals surface area contributed by atoms with Crippen molar-refractivity contribution < 1.29 is 14.0 Å². The van der Waals surface area contributed by atoms with Gasteiger partial charge in [0.15, 0.2) is 0 Å². The van der Waals surface area contributed by atoms with Crippen molar-refractivity contribution in [2.24, 2.45) is 11.8 Å². The van der Waals surface area contributed by atoms with Crippen LogP contribution in [0.2, 0.25) is 0 Å². The number of hydrogen-bond donors (Lipinski definition) is 2. The van der Waals surface area contributed by atoms with E-state index in [1.54, 1.807) is 0 Å². The van der Waals surface area contributed by atoms with Gasteiger partial charge in [-0.05, 0) is 43.4 Å². The van der Waals surface area contributed by atoms with Gasteiger partial charge in [-0.2, -0.15) is 0 Å². The molecule has 5 heteroatoms. The zero-order chi connectivity index (χ0) is 17.1. The highest BCUT2D eigenvalue weighted by molar-refractivity contribution is 6.04. The fourth-order valence-corrected chi connectivity index (χ4v) is 3.41. The van der Waals surface area contributed by atoms with E-state index in [9.17, 15) is 14.0 Å². The molecule has 2 fully saturated rings. The maximum atomic E-state index is 13.6. The van der Waals surface area contributed by atoms with Crippen molar-refractivity contribution in [2.75, 3.05) is 5.32 Å². The molecule has 2 aliphatic rings. The minimum Gasteiger partial charge on any atom is -0.349 e. The number of anilines is 1. The van der Waals surface area contributed by atoms with Gasteiger partial charge in [0.2, 0.25) is 5.91 Å². The van der Waals surface area contributed by atoms with E-state index < -0.39 is 5.82 Å². The smallest absolute Gasteiger partial charge is 0.253 e. The van der Waals surface area contributed by atoms with Crippen LogP contribution in [0.25, 0.3) is 0 Å². The predicted molar refractivity (Wildman–Crippen MR) is 91.3 cm³/mol. The Morgan fingerprint density at radius 3 is 2.42 bits per heavy atom. The lowest BCUT2D eigenvalue weighted by atomic mass is 10.1. The van der Waals surface area contributed by atoms with Crippen molar-refractivity contribution in [3.8, 4) is 0 Å². The highest BCUT2D eigenvalue weighted by Gasteiger charge is 2.39. The lowest BCUT2D eigenvalue weighted by Crippen LogP contribution is -2.35. The molecule has 24 heavy (non-hydrogen) atoms. The van der Waals surface area contributed by atoms with E-state index in [1.807, 2.05) is 6.92 Å². The Bertz CT molecular complexity index is 624. The van der Waals surface area contributed by atoms with Crippen molar-refractivity contribution in [1.29, 1.82) is 0 Å². The largest absolute Gasteiger partial charge is 0.349 e. The van der Waals surface area contributed by atoms with Gasteiger partial charge in [0, 0.05) is 12.0 Å². The molecule has 1 aromatic carbocycles. The van der Waals surface area contributed by atoms with E-state index >= 15 is 0 Å². The average molecular weight is 332 g/mol. The van der Waals surface area contributed by atoms with E-state index in [-0.39, 0.29) is 29.3 Å². The first kappa shape index (κ1) is 16.9. The number of nitrogens with one attached hydrogen (secondary N) is 2. The number of rotatable bonds is 4. The number of hydrogen-bond acceptors (Lipinski definition) is 2. The van der Waals surface area contributed by atoms with Crippen molar-refractivity contribution >= 4 is 17.5 Å². The molecule has 1 aromatic rings. The van der Waals surface area contributed by atoms with Crippen molar-refractivity contribution in [2.45, 2.75) is 57.9 Å². The Morgan fingerprint density at radius 2 is 1.79 bits per heavy atom. The minimum absolute atomic E-state index is 0.00724. The third-order valence-electron chi connectivity index (χ3n) is 5.12.